The molecular weight excluding hydrogens is 86.1 g/mol. The molecule has 0 heterocycles. The molecular formula is C6H13N. The molecule has 1 rings (SSSR count). The molecule has 0 saturated heterocycles. The predicted octanol–water partition coefficient (Wildman–Crippen LogP) is 1.28. The van der Waals surface area contributed by atoms with Crippen molar-refractivity contribution >= 4 is 0 Å². The zero-order chi connectivity index (χ0) is 5.33. The molecule has 0 aromatic rings. The second kappa shape index (κ2) is 1.48. The van der Waals surface area contributed by atoms with E-state index in [0.29, 0.717) is 5.54 Å². The summed E-state index contributed by atoms with van der Waals surface area (Å²) in [7, 11) is 0. The Bertz CT molecular complexity index is 64.6. The molecule has 0 aliphatic heterocycles. The van der Waals surface area contributed by atoms with E-state index in [2.05, 4.69) is 6.92 Å². The fraction of sp³-hybridized carbons (Fsp3) is 1.00. The Hall–Kier alpha value is -0.0400. The highest BCUT2D eigenvalue weighted by atomic mass is 14.8. The maximum absolute atomic E-state index is 5.76. The minimum Gasteiger partial charge on any atom is -0.325 e. The Morgan fingerprint density at radius 3 is 2.29 bits per heavy atom. The molecule has 1 saturated carbocycles. The highest BCUT2D eigenvalue weighted by Crippen LogP contribution is 2.36. The van der Waals surface area contributed by atoms with E-state index in [1.54, 1.807) is 0 Å². The summed E-state index contributed by atoms with van der Waals surface area (Å²) in [6.07, 6.45) is 5.01. The van der Waals surface area contributed by atoms with Crippen molar-refractivity contribution in [3.63, 3.8) is 0 Å². The van der Waals surface area contributed by atoms with Crippen LogP contribution in [0.15, 0.2) is 0 Å². The molecule has 0 radical (unpaired) electrons. The van der Waals surface area contributed by atoms with Gasteiger partial charge in [0.25, 0.3) is 0 Å². The topological polar surface area (TPSA) is 26.0 Å². The van der Waals surface area contributed by atoms with Crippen molar-refractivity contribution < 1.29 is 0 Å². The SMILES string of the molecule is CCCC1(N)CC1. The third kappa shape index (κ3) is 1.16. The van der Waals surface area contributed by atoms with Crippen molar-refractivity contribution in [3.05, 3.63) is 0 Å². The van der Waals surface area contributed by atoms with Gasteiger partial charge in [-0.25, -0.2) is 0 Å². The zero-order valence-electron chi connectivity index (χ0n) is 4.91. The fourth-order valence-electron chi connectivity index (χ4n) is 0.908. The Balaban J connectivity index is 2.13. The zero-order valence-corrected chi connectivity index (χ0v) is 4.91. The molecule has 1 nitrogen and oxygen atoms in total. The summed E-state index contributed by atoms with van der Waals surface area (Å²) in [6.45, 7) is 2.19. The lowest BCUT2D eigenvalue weighted by atomic mass is 10.2. The van der Waals surface area contributed by atoms with Gasteiger partial charge in [0.05, 0.1) is 0 Å². The van der Waals surface area contributed by atoms with Gasteiger partial charge in [0.2, 0.25) is 0 Å². The van der Waals surface area contributed by atoms with Gasteiger partial charge in [0, 0.05) is 5.54 Å². The maximum Gasteiger partial charge on any atom is 0.0155 e. The van der Waals surface area contributed by atoms with Crippen LogP contribution in [0.1, 0.15) is 32.6 Å². The number of hydrogen-bond donors (Lipinski definition) is 1. The van der Waals surface area contributed by atoms with Gasteiger partial charge in [-0.2, -0.15) is 0 Å². The molecule has 0 bridgehead atoms. The molecule has 0 aromatic carbocycles. The van der Waals surface area contributed by atoms with Crippen molar-refractivity contribution in [2.75, 3.05) is 0 Å². The molecule has 1 aliphatic rings. The summed E-state index contributed by atoms with van der Waals surface area (Å²) < 4.78 is 0. The van der Waals surface area contributed by atoms with Gasteiger partial charge in [0.15, 0.2) is 0 Å². The van der Waals surface area contributed by atoms with Crippen LogP contribution in [0, 0.1) is 0 Å². The summed E-state index contributed by atoms with van der Waals surface area (Å²) in [5.41, 5.74) is 6.06. The molecule has 0 spiro atoms. The van der Waals surface area contributed by atoms with E-state index in [1.165, 1.54) is 25.7 Å². The first kappa shape index (κ1) is 5.10. The first-order valence-electron chi connectivity index (χ1n) is 3.06. The van der Waals surface area contributed by atoms with E-state index in [1.807, 2.05) is 0 Å². The summed E-state index contributed by atoms with van der Waals surface area (Å²) in [6, 6.07) is 0. The van der Waals surface area contributed by atoms with Crippen LogP contribution in [0.5, 0.6) is 0 Å². The van der Waals surface area contributed by atoms with Crippen LogP contribution in [-0.4, -0.2) is 5.54 Å². The standard InChI is InChI=1S/C6H13N/c1-2-3-6(7)4-5-6/h2-5,7H2,1H3. The highest BCUT2D eigenvalue weighted by molar-refractivity contribution is 4.97. The smallest absolute Gasteiger partial charge is 0.0155 e. The quantitative estimate of drug-likeness (QED) is 0.554. The Labute approximate surface area is 44.9 Å². The van der Waals surface area contributed by atoms with Gasteiger partial charge >= 0.3 is 0 Å². The Kier molecular flexibility index (Phi) is 1.08. The molecule has 0 unspecified atom stereocenters. The van der Waals surface area contributed by atoms with Crippen molar-refractivity contribution in [2.45, 2.75) is 38.1 Å². The first-order valence-corrected chi connectivity index (χ1v) is 3.06. The average Bonchev–Trinajstić information content (AvgIpc) is 2.22. The minimum atomic E-state index is 0.300. The third-order valence-electron chi connectivity index (χ3n) is 1.64. The summed E-state index contributed by atoms with van der Waals surface area (Å²) >= 11 is 0. The van der Waals surface area contributed by atoms with Crippen LogP contribution in [0.4, 0.5) is 0 Å². The van der Waals surface area contributed by atoms with Crippen molar-refractivity contribution in [1.29, 1.82) is 0 Å². The van der Waals surface area contributed by atoms with E-state index in [-0.39, 0.29) is 0 Å². The Morgan fingerprint density at radius 1 is 1.57 bits per heavy atom. The van der Waals surface area contributed by atoms with Gasteiger partial charge in [-0.15, -0.1) is 0 Å². The molecule has 42 valence electrons. The second-order valence-corrected chi connectivity index (χ2v) is 2.61. The Morgan fingerprint density at radius 2 is 2.14 bits per heavy atom. The lowest BCUT2D eigenvalue weighted by molar-refractivity contribution is 0.598. The van der Waals surface area contributed by atoms with Crippen LogP contribution in [0.25, 0.3) is 0 Å². The van der Waals surface area contributed by atoms with Crippen LogP contribution < -0.4 is 5.73 Å². The van der Waals surface area contributed by atoms with Crippen LogP contribution in [0.3, 0.4) is 0 Å². The van der Waals surface area contributed by atoms with Crippen LogP contribution >= 0.6 is 0 Å². The summed E-state index contributed by atoms with van der Waals surface area (Å²) in [4.78, 5) is 0. The van der Waals surface area contributed by atoms with Gasteiger partial charge in [-0.05, 0) is 19.3 Å². The molecule has 1 fully saturated rings. The monoisotopic (exact) mass is 99.1 g/mol. The van der Waals surface area contributed by atoms with Crippen LogP contribution in [-0.2, 0) is 0 Å². The van der Waals surface area contributed by atoms with Gasteiger partial charge in [0.1, 0.15) is 0 Å². The summed E-state index contributed by atoms with van der Waals surface area (Å²) in [5, 5.41) is 0. The molecule has 2 N–H and O–H groups in total. The largest absolute Gasteiger partial charge is 0.325 e. The lowest BCUT2D eigenvalue weighted by Gasteiger charge is -2.02. The first-order chi connectivity index (χ1) is 3.27. The van der Waals surface area contributed by atoms with Gasteiger partial charge in [-0.1, -0.05) is 13.3 Å². The van der Waals surface area contributed by atoms with Crippen LogP contribution in [0.2, 0.25) is 0 Å². The summed E-state index contributed by atoms with van der Waals surface area (Å²) in [5.74, 6) is 0. The van der Waals surface area contributed by atoms with E-state index in [4.69, 9.17) is 5.73 Å². The van der Waals surface area contributed by atoms with E-state index < -0.39 is 0 Å². The predicted molar refractivity (Wildman–Crippen MR) is 31.1 cm³/mol. The molecule has 0 amide bonds. The fourth-order valence-corrected chi connectivity index (χ4v) is 0.908. The lowest BCUT2D eigenvalue weighted by Crippen LogP contribution is -2.20. The van der Waals surface area contributed by atoms with Gasteiger partial charge in [-0.3, -0.25) is 0 Å². The molecule has 0 atom stereocenters. The molecule has 1 heteroatoms. The number of rotatable bonds is 2. The van der Waals surface area contributed by atoms with Gasteiger partial charge < -0.3 is 5.73 Å². The van der Waals surface area contributed by atoms with Crippen molar-refractivity contribution in [2.24, 2.45) is 5.73 Å². The van der Waals surface area contributed by atoms with Crippen molar-refractivity contribution in [1.82, 2.24) is 0 Å². The van der Waals surface area contributed by atoms with E-state index in [0.717, 1.165) is 0 Å². The average molecular weight is 99.2 g/mol. The minimum absolute atomic E-state index is 0.300. The van der Waals surface area contributed by atoms with E-state index >= 15 is 0 Å². The molecule has 0 aromatic heterocycles. The highest BCUT2D eigenvalue weighted by Gasteiger charge is 2.36. The second-order valence-electron chi connectivity index (χ2n) is 2.61. The third-order valence-corrected chi connectivity index (χ3v) is 1.64. The maximum atomic E-state index is 5.76. The number of hydrogen-bond acceptors (Lipinski definition) is 1. The normalized spacial score (nSPS) is 24.9. The molecule has 7 heavy (non-hydrogen) atoms. The number of nitrogens with two attached hydrogens (primary N) is 1. The van der Waals surface area contributed by atoms with E-state index in [9.17, 15) is 0 Å². The molecule has 1 aliphatic carbocycles. The van der Waals surface area contributed by atoms with Crippen molar-refractivity contribution in [3.8, 4) is 0 Å².